The van der Waals surface area contributed by atoms with E-state index in [9.17, 15) is 0 Å². The van der Waals surface area contributed by atoms with E-state index >= 15 is 0 Å². The van der Waals surface area contributed by atoms with Crippen LogP contribution in [0.4, 0.5) is 11.4 Å². The van der Waals surface area contributed by atoms with Crippen LogP contribution in [0.3, 0.4) is 0 Å². The monoisotopic (exact) mass is 197 g/mol. The predicted octanol–water partition coefficient (Wildman–Crippen LogP) is 1.99. The highest BCUT2D eigenvalue weighted by Crippen LogP contribution is 2.29. The van der Waals surface area contributed by atoms with Crippen LogP contribution >= 0.6 is 11.6 Å². The Kier molecular flexibility index (Phi) is 2.27. The quantitative estimate of drug-likeness (QED) is 0.698. The van der Waals surface area contributed by atoms with Gasteiger partial charge in [-0.2, -0.15) is 0 Å². The molecule has 0 atom stereocenters. The molecule has 0 saturated heterocycles. The Balaban J connectivity index is 2.41. The van der Waals surface area contributed by atoms with Crippen molar-refractivity contribution in [2.75, 3.05) is 29.9 Å². The molecule has 0 fully saturated rings. The third-order valence-electron chi connectivity index (χ3n) is 2.27. The van der Waals surface area contributed by atoms with Crippen molar-refractivity contribution in [2.24, 2.45) is 0 Å². The van der Waals surface area contributed by atoms with Crippen LogP contribution in [0.25, 0.3) is 0 Å². The maximum atomic E-state index is 5.83. The van der Waals surface area contributed by atoms with Crippen molar-refractivity contribution in [3.05, 3.63) is 17.4 Å². The van der Waals surface area contributed by atoms with E-state index in [0.717, 1.165) is 31.0 Å². The van der Waals surface area contributed by atoms with Crippen LogP contribution in [-0.4, -0.2) is 24.6 Å². The largest absolute Gasteiger partial charge is 0.380 e. The number of likely N-dealkylation sites (N-methyl/N-ethyl adjacent to an activating group) is 1. The molecule has 0 spiro atoms. The maximum Gasteiger partial charge on any atom is 0.131 e. The van der Waals surface area contributed by atoms with Gasteiger partial charge in [-0.3, -0.25) is 0 Å². The molecule has 0 unspecified atom stereocenters. The zero-order valence-electron chi connectivity index (χ0n) is 7.55. The molecule has 2 rings (SSSR count). The molecule has 1 aromatic rings. The number of rotatable bonds is 1. The zero-order valence-corrected chi connectivity index (χ0v) is 8.30. The van der Waals surface area contributed by atoms with E-state index in [1.54, 1.807) is 6.20 Å². The Bertz CT molecular complexity index is 314. The number of aromatic nitrogens is 1. The molecule has 70 valence electrons. The molecule has 4 heteroatoms. The topological polar surface area (TPSA) is 28.2 Å². The van der Waals surface area contributed by atoms with Crippen molar-refractivity contribution in [3.8, 4) is 0 Å². The third-order valence-corrected chi connectivity index (χ3v) is 2.48. The fourth-order valence-corrected chi connectivity index (χ4v) is 1.74. The summed E-state index contributed by atoms with van der Waals surface area (Å²) in [7, 11) is 0. The summed E-state index contributed by atoms with van der Waals surface area (Å²) in [5.41, 5.74) is 2.24. The molecule has 0 amide bonds. The Labute approximate surface area is 82.7 Å². The van der Waals surface area contributed by atoms with E-state index in [-0.39, 0.29) is 0 Å². The van der Waals surface area contributed by atoms with Crippen LogP contribution < -0.4 is 10.2 Å². The number of hydrogen-bond acceptors (Lipinski definition) is 3. The van der Waals surface area contributed by atoms with Gasteiger partial charge in [0.25, 0.3) is 0 Å². The molecule has 2 heterocycles. The summed E-state index contributed by atoms with van der Waals surface area (Å²) < 4.78 is 0. The molecule has 0 bridgehead atoms. The van der Waals surface area contributed by atoms with Crippen molar-refractivity contribution >= 4 is 23.0 Å². The molecule has 1 aromatic heterocycles. The second-order valence-corrected chi connectivity index (χ2v) is 3.42. The minimum absolute atomic E-state index is 0.556. The summed E-state index contributed by atoms with van der Waals surface area (Å²) in [6.07, 6.45) is 1.79. The van der Waals surface area contributed by atoms with Crippen LogP contribution in [0.5, 0.6) is 0 Å². The highest BCUT2D eigenvalue weighted by atomic mass is 35.5. The first-order chi connectivity index (χ1) is 6.31. The molecule has 0 saturated carbocycles. The van der Waals surface area contributed by atoms with Crippen LogP contribution in [0.2, 0.25) is 5.15 Å². The zero-order chi connectivity index (χ0) is 9.26. The molecule has 13 heavy (non-hydrogen) atoms. The van der Waals surface area contributed by atoms with Crippen LogP contribution in [0.1, 0.15) is 6.92 Å². The van der Waals surface area contributed by atoms with E-state index < -0.39 is 0 Å². The fraction of sp³-hybridized carbons (Fsp3) is 0.444. The minimum atomic E-state index is 0.556. The second kappa shape index (κ2) is 3.42. The van der Waals surface area contributed by atoms with Gasteiger partial charge in [-0.1, -0.05) is 11.6 Å². The number of hydrogen-bond donors (Lipinski definition) is 1. The average Bonchev–Trinajstić information content (AvgIpc) is 2.17. The molecule has 1 aliphatic heterocycles. The van der Waals surface area contributed by atoms with E-state index in [1.807, 2.05) is 6.07 Å². The Morgan fingerprint density at radius 1 is 1.69 bits per heavy atom. The lowest BCUT2D eigenvalue weighted by Crippen LogP contribution is -2.33. The van der Waals surface area contributed by atoms with Crippen molar-refractivity contribution < 1.29 is 0 Å². The van der Waals surface area contributed by atoms with Crippen molar-refractivity contribution in [1.29, 1.82) is 0 Å². The van der Waals surface area contributed by atoms with E-state index in [4.69, 9.17) is 11.6 Å². The molecule has 1 N–H and O–H groups in total. The molecule has 0 radical (unpaired) electrons. The van der Waals surface area contributed by atoms with E-state index in [0.29, 0.717) is 5.15 Å². The number of fused-ring (bicyclic) bond motifs is 1. The second-order valence-electron chi connectivity index (χ2n) is 3.03. The van der Waals surface area contributed by atoms with Gasteiger partial charge in [0.05, 0.1) is 17.6 Å². The summed E-state index contributed by atoms with van der Waals surface area (Å²) >= 11 is 5.83. The highest BCUT2D eigenvalue weighted by Gasteiger charge is 2.15. The molecular weight excluding hydrogens is 186 g/mol. The van der Waals surface area contributed by atoms with Gasteiger partial charge >= 0.3 is 0 Å². The molecular formula is C9H12ClN3. The van der Waals surface area contributed by atoms with Gasteiger partial charge in [0.15, 0.2) is 0 Å². The van der Waals surface area contributed by atoms with Gasteiger partial charge in [0, 0.05) is 25.7 Å². The fourth-order valence-electron chi connectivity index (χ4n) is 1.59. The SMILES string of the molecule is CCN1CCNc2cnc(Cl)cc21. The number of nitrogens with one attached hydrogen (secondary N) is 1. The van der Waals surface area contributed by atoms with Gasteiger partial charge < -0.3 is 10.2 Å². The third kappa shape index (κ3) is 1.56. The summed E-state index contributed by atoms with van der Waals surface area (Å²) in [4.78, 5) is 6.33. The maximum absolute atomic E-state index is 5.83. The minimum Gasteiger partial charge on any atom is -0.380 e. The lowest BCUT2D eigenvalue weighted by Gasteiger charge is -2.30. The molecule has 1 aliphatic rings. The van der Waals surface area contributed by atoms with Gasteiger partial charge in [-0.05, 0) is 6.92 Å². The summed E-state index contributed by atoms with van der Waals surface area (Å²) in [6, 6.07) is 1.91. The van der Waals surface area contributed by atoms with E-state index in [1.165, 1.54) is 0 Å². The van der Waals surface area contributed by atoms with Gasteiger partial charge in [0.1, 0.15) is 5.15 Å². The molecule has 3 nitrogen and oxygen atoms in total. The lowest BCUT2D eigenvalue weighted by atomic mass is 10.2. The molecule has 0 aromatic carbocycles. The number of anilines is 2. The Morgan fingerprint density at radius 3 is 3.31 bits per heavy atom. The number of halogens is 1. The lowest BCUT2D eigenvalue weighted by molar-refractivity contribution is 0.812. The van der Waals surface area contributed by atoms with Gasteiger partial charge in [0.2, 0.25) is 0 Å². The van der Waals surface area contributed by atoms with Crippen molar-refractivity contribution in [1.82, 2.24) is 4.98 Å². The number of pyridine rings is 1. The van der Waals surface area contributed by atoms with E-state index in [2.05, 4.69) is 22.1 Å². The summed E-state index contributed by atoms with van der Waals surface area (Å²) in [5, 5.41) is 3.85. The first-order valence-corrected chi connectivity index (χ1v) is 4.83. The average molecular weight is 198 g/mol. The van der Waals surface area contributed by atoms with Gasteiger partial charge in [-0.25, -0.2) is 4.98 Å². The van der Waals surface area contributed by atoms with Crippen LogP contribution in [0, 0.1) is 0 Å². The summed E-state index contributed by atoms with van der Waals surface area (Å²) in [5.74, 6) is 0. The Morgan fingerprint density at radius 2 is 2.54 bits per heavy atom. The van der Waals surface area contributed by atoms with Crippen molar-refractivity contribution in [3.63, 3.8) is 0 Å². The van der Waals surface area contributed by atoms with Gasteiger partial charge in [-0.15, -0.1) is 0 Å². The smallest absolute Gasteiger partial charge is 0.131 e. The summed E-state index contributed by atoms with van der Waals surface area (Å²) in [6.45, 7) is 5.16. The first kappa shape index (κ1) is 8.63. The highest BCUT2D eigenvalue weighted by molar-refractivity contribution is 6.29. The van der Waals surface area contributed by atoms with Crippen LogP contribution in [0.15, 0.2) is 12.3 Å². The van der Waals surface area contributed by atoms with Crippen molar-refractivity contribution in [2.45, 2.75) is 6.92 Å². The normalized spacial score (nSPS) is 15.1. The Hall–Kier alpha value is -0.960. The van der Waals surface area contributed by atoms with Crippen LogP contribution in [-0.2, 0) is 0 Å². The first-order valence-electron chi connectivity index (χ1n) is 4.45. The number of nitrogens with zero attached hydrogens (tertiary/aromatic N) is 2. The standard InChI is InChI=1S/C9H12ClN3/c1-2-13-4-3-11-7-6-12-9(10)5-8(7)13/h5-6,11H,2-4H2,1H3. The molecule has 0 aliphatic carbocycles. The predicted molar refractivity (Wildman–Crippen MR) is 55.6 cm³/mol.